The Morgan fingerprint density at radius 3 is 1.76 bits per heavy atom. The van der Waals surface area contributed by atoms with Crippen molar-refractivity contribution in [1.82, 2.24) is 15.0 Å². The number of benzene rings is 8. The van der Waals surface area contributed by atoms with Crippen LogP contribution in [0.2, 0.25) is 0 Å². The van der Waals surface area contributed by atoms with Crippen molar-refractivity contribution in [2.24, 2.45) is 0 Å². The van der Waals surface area contributed by atoms with Gasteiger partial charge in [-0.3, -0.25) is 0 Å². The van der Waals surface area contributed by atoms with Gasteiger partial charge in [0, 0.05) is 38.2 Å². The average molecular weight is 692 g/mol. The average Bonchev–Trinajstić information content (AvgIpc) is 3.81. The summed E-state index contributed by atoms with van der Waals surface area (Å²) in [7, 11) is 0. The zero-order chi connectivity index (χ0) is 35.6. The van der Waals surface area contributed by atoms with Gasteiger partial charge in [-0.25, -0.2) is 15.0 Å². The summed E-state index contributed by atoms with van der Waals surface area (Å²) in [5.74, 6) is 1.75. The fourth-order valence-electron chi connectivity index (χ4n) is 7.72. The van der Waals surface area contributed by atoms with E-state index in [1.54, 1.807) is 0 Å². The minimum Gasteiger partial charge on any atom is -0.456 e. The Balaban J connectivity index is 1.11. The maximum Gasteiger partial charge on any atom is 0.164 e. The van der Waals surface area contributed by atoms with Crippen LogP contribution < -0.4 is 0 Å². The van der Waals surface area contributed by atoms with Gasteiger partial charge in [-0.15, -0.1) is 0 Å². The highest BCUT2D eigenvalue weighted by atomic mass is 16.3. The van der Waals surface area contributed by atoms with Gasteiger partial charge in [-0.05, 0) is 75.5 Å². The summed E-state index contributed by atoms with van der Waals surface area (Å²) in [6.07, 6.45) is 0. The maximum atomic E-state index is 6.52. The Hall–Kier alpha value is -7.37. The van der Waals surface area contributed by atoms with Gasteiger partial charge in [0.05, 0.1) is 0 Å². The van der Waals surface area contributed by atoms with Gasteiger partial charge in [0.15, 0.2) is 17.5 Å². The van der Waals surface area contributed by atoms with Crippen LogP contribution >= 0.6 is 0 Å². The molecule has 11 aromatic rings. The van der Waals surface area contributed by atoms with Crippen molar-refractivity contribution in [2.45, 2.75) is 0 Å². The molecule has 0 fully saturated rings. The lowest BCUT2D eigenvalue weighted by Crippen LogP contribution is -2.01. The second-order valence-electron chi connectivity index (χ2n) is 13.6. The summed E-state index contributed by atoms with van der Waals surface area (Å²) in [5, 5.41) is 6.53. The monoisotopic (exact) mass is 691 g/mol. The number of rotatable bonds is 5. The molecule has 8 aromatic carbocycles. The summed E-state index contributed by atoms with van der Waals surface area (Å²) in [6.45, 7) is 0. The van der Waals surface area contributed by atoms with Crippen molar-refractivity contribution in [3.05, 3.63) is 176 Å². The molecule has 0 radical (unpaired) electrons. The quantitative estimate of drug-likeness (QED) is 0.180. The molecule has 0 aliphatic heterocycles. The third-order valence-corrected chi connectivity index (χ3v) is 10.3. The maximum absolute atomic E-state index is 6.52. The summed E-state index contributed by atoms with van der Waals surface area (Å²) in [4.78, 5) is 15.5. The minimum atomic E-state index is 0.570. The first kappa shape index (κ1) is 30.3. The van der Waals surface area contributed by atoms with Gasteiger partial charge in [-0.1, -0.05) is 133 Å². The van der Waals surface area contributed by atoms with Crippen LogP contribution in [0.25, 0.3) is 111 Å². The van der Waals surface area contributed by atoms with Crippen LogP contribution in [0.4, 0.5) is 0 Å². The van der Waals surface area contributed by atoms with Gasteiger partial charge < -0.3 is 8.83 Å². The Morgan fingerprint density at radius 2 is 0.870 bits per heavy atom. The van der Waals surface area contributed by atoms with Crippen molar-refractivity contribution in [3.63, 3.8) is 0 Å². The third-order valence-electron chi connectivity index (χ3n) is 10.3. The van der Waals surface area contributed by atoms with E-state index in [0.29, 0.717) is 17.5 Å². The Labute approximate surface area is 309 Å². The Kier molecular flexibility index (Phi) is 6.79. The lowest BCUT2D eigenvalue weighted by atomic mass is 9.94. The Morgan fingerprint density at radius 1 is 0.296 bits per heavy atom. The molecule has 0 saturated carbocycles. The first-order valence-electron chi connectivity index (χ1n) is 18.0. The van der Waals surface area contributed by atoms with Crippen molar-refractivity contribution in [2.75, 3.05) is 0 Å². The molecule has 0 unspecified atom stereocenters. The summed E-state index contributed by atoms with van der Waals surface area (Å²) >= 11 is 0. The molecule has 5 nitrogen and oxygen atoms in total. The highest BCUT2D eigenvalue weighted by Crippen LogP contribution is 2.42. The molecule has 3 aromatic heterocycles. The number of hydrogen-bond acceptors (Lipinski definition) is 5. The van der Waals surface area contributed by atoms with Gasteiger partial charge in [0.1, 0.15) is 22.3 Å². The van der Waals surface area contributed by atoms with Crippen molar-refractivity contribution in [3.8, 4) is 56.4 Å². The smallest absolute Gasteiger partial charge is 0.164 e. The molecular weight excluding hydrogens is 663 g/mol. The van der Waals surface area contributed by atoms with Gasteiger partial charge >= 0.3 is 0 Å². The Bertz CT molecular complexity index is 3230. The number of para-hydroxylation sites is 1. The van der Waals surface area contributed by atoms with Crippen LogP contribution in [0.15, 0.2) is 185 Å². The van der Waals surface area contributed by atoms with E-state index in [1.807, 2.05) is 42.5 Å². The largest absolute Gasteiger partial charge is 0.456 e. The van der Waals surface area contributed by atoms with E-state index >= 15 is 0 Å². The standard InChI is InChI=1S/C49H29N3O2/c1-2-11-30(12-3-1)33-23-26-41-45(28-33)54-43-20-10-18-39(46(41)43)36-15-6-7-17-40(36)49-51-47(34-22-21-31-13-4-5-14-32(31)27-34)50-48(52-49)35-24-25-38-37-16-8-9-19-42(37)53-44(38)29-35/h1-29H. The fourth-order valence-corrected chi connectivity index (χ4v) is 7.72. The number of nitrogens with zero attached hydrogens (tertiary/aromatic N) is 3. The van der Waals surface area contributed by atoms with E-state index in [-0.39, 0.29) is 0 Å². The van der Waals surface area contributed by atoms with Crippen molar-refractivity contribution in [1.29, 1.82) is 0 Å². The predicted octanol–water partition coefficient (Wildman–Crippen LogP) is 13.2. The molecule has 0 spiro atoms. The number of furan rings is 2. The zero-order valence-electron chi connectivity index (χ0n) is 28.9. The molecular formula is C49H29N3O2. The third kappa shape index (κ3) is 4.98. The summed E-state index contributed by atoms with van der Waals surface area (Å²) in [6, 6.07) is 60.4. The molecule has 0 bridgehead atoms. The summed E-state index contributed by atoms with van der Waals surface area (Å²) < 4.78 is 12.8. The number of fused-ring (bicyclic) bond motifs is 7. The van der Waals surface area contributed by atoms with Crippen molar-refractivity contribution >= 4 is 54.6 Å². The molecule has 0 saturated heterocycles. The molecule has 11 rings (SSSR count). The van der Waals surface area contributed by atoms with Crippen LogP contribution in [0.5, 0.6) is 0 Å². The molecule has 0 aliphatic rings. The molecule has 0 aliphatic carbocycles. The number of hydrogen-bond donors (Lipinski definition) is 0. The van der Waals surface area contributed by atoms with Crippen LogP contribution in [-0.2, 0) is 0 Å². The topological polar surface area (TPSA) is 65.0 Å². The first-order chi connectivity index (χ1) is 26.7. The van der Waals surface area contributed by atoms with Crippen LogP contribution in [0.3, 0.4) is 0 Å². The second kappa shape index (κ2) is 12.1. The van der Waals surface area contributed by atoms with E-state index in [0.717, 1.165) is 93.6 Å². The van der Waals surface area contributed by atoms with Crippen molar-refractivity contribution < 1.29 is 8.83 Å². The van der Waals surface area contributed by atoms with Crippen LogP contribution in [0.1, 0.15) is 0 Å². The highest BCUT2D eigenvalue weighted by molar-refractivity contribution is 6.14. The van der Waals surface area contributed by atoms with Gasteiger partial charge in [0.2, 0.25) is 0 Å². The predicted molar refractivity (Wildman–Crippen MR) is 219 cm³/mol. The van der Waals surface area contributed by atoms with E-state index in [9.17, 15) is 0 Å². The number of aromatic nitrogens is 3. The lowest BCUT2D eigenvalue weighted by Gasteiger charge is -2.13. The van der Waals surface area contributed by atoms with E-state index < -0.39 is 0 Å². The van der Waals surface area contributed by atoms with E-state index in [2.05, 4.69) is 133 Å². The van der Waals surface area contributed by atoms with Crippen LogP contribution in [0, 0.1) is 0 Å². The summed E-state index contributed by atoms with van der Waals surface area (Å²) in [5.41, 5.74) is 10.3. The van der Waals surface area contributed by atoms with Gasteiger partial charge in [0.25, 0.3) is 0 Å². The fraction of sp³-hybridized carbons (Fsp3) is 0. The molecule has 5 heteroatoms. The van der Waals surface area contributed by atoms with Gasteiger partial charge in [-0.2, -0.15) is 0 Å². The molecule has 0 N–H and O–H groups in total. The molecule has 0 amide bonds. The molecule has 0 atom stereocenters. The zero-order valence-corrected chi connectivity index (χ0v) is 28.9. The van der Waals surface area contributed by atoms with Crippen LogP contribution in [-0.4, -0.2) is 15.0 Å². The molecule has 252 valence electrons. The van der Waals surface area contributed by atoms with E-state index in [4.69, 9.17) is 23.8 Å². The lowest BCUT2D eigenvalue weighted by molar-refractivity contribution is 0.668. The normalized spacial score (nSPS) is 11.7. The second-order valence-corrected chi connectivity index (χ2v) is 13.6. The first-order valence-corrected chi connectivity index (χ1v) is 18.0. The van der Waals surface area contributed by atoms with E-state index in [1.165, 1.54) is 0 Å². The SMILES string of the molecule is c1ccc(-c2ccc3c(c2)oc2cccc(-c4ccccc4-c4nc(-c5ccc6ccccc6c5)nc(-c5ccc6c(c5)oc5ccccc56)n4)c23)cc1. The minimum absolute atomic E-state index is 0.570. The molecule has 3 heterocycles. The highest BCUT2D eigenvalue weighted by Gasteiger charge is 2.20. The molecule has 54 heavy (non-hydrogen) atoms.